The Balaban J connectivity index is 1.77. The first-order chi connectivity index (χ1) is 14.7. The molecule has 1 amide bonds. The zero-order valence-electron chi connectivity index (χ0n) is 17.4. The molecule has 1 fully saturated rings. The number of rotatable bonds is 7. The molecule has 31 heavy (non-hydrogen) atoms. The summed E-state index contributed by atoms with van der Waals surface area (Å²) in [5.41, 5.74) is 0.264. The minimum absolute atomic E-state index is 0.0379. The van der Waals surface area contributed by atoms with Crippen LogP contribution in [0.15, 0.2) is 27.6 Å². The van der Waals surface area contributed by atoms with E-state index in [2.05, 4.69) is 10.5 Å². The van der Waals surface area contributed by atoms with Crippen molar-refractivity contribution in [2.24, 2.45) is 5.92 Å². The van der Waals surface area contributed by atoms with Gasteiger partial charge in [-0.2, -0.15) is 4.31 Å². The Morgan fingerprint density at radius 3 is 2.65 bits per heavy atom. The number of amides is 1. The van der Waals surface area contributed by atoms with Gasteiger partial charge >= 0.3 is 0 Å². The molecular weight excluding hydrogens is 428 g/mol. The predicted molar refractivity (Wildman–Crippen MR) is 111 cm³/mol. The van der Waals surface area contributed by atoms with Crippen molar-refractivity contribution in [2.45, 2.75) is 38.0 Å². The summed E-state index contributed by atoms with van der Waals surface area (Å²) in [5.74, 6) is -1.79. The molecule has 0 bridgehead atoms. The number of hydrogen-bond donors (Lipinski definition) is 1. The van der Waals surface area contributed by atoms with Gasteiger partial charge < -0.3 is 9.84 Å². The topological polar surface area (TPSA) is 92.5 Å². The number of carbonyl (C=O) groups is 1. The molecule has 0 atom stereocenters. The molecule has 0 unspecified atom stereocenters. The van der Waals surface area contributed by atoms with Crippen LogP contribution in [0.25, 0.3) is 12.2 Å². The number of aromatic nitrogens is 1. The number of aryl methyl sites for hydroxylation is 1. The van der Waals surface area contributed by atoms with Gasteiger partial charge in [0.1, 0.15) is 17.3 Å². The molecule has 0 saturated carbocycles. The van der Waals surface area contributed by atoms with Crippen molar-refractivity contribution in [3.8, 4) is 0 Å². The second-order valence-corrected chi connectivity index (χ2v) is 9.30. The molecule has 7 nitrogen and oxygen atoms in total. The maximum absolute atomic E-state index is 13.9. The number of halogens is 2. The Labute approximate surface area is 180 Å². The third-order valence-corrected chi connectivity index (χ3v) is 7.24. The van der Waals surface area contributed by atoms with Gasteiger partial charge in [0.2, 0.25) is 15.9 Å². The van der Waals surface area contributed by atoms with E-state index in [1.165, 1.54) is 29.4 Å². The molecule has 1 aliphatic rings. The van der Waals surface area contributed by atoms with Gasteiger partial charge in [-0.25, -0.2) is 17.2 Å². The second kappa shape index (κ2) is 9.69. The van der Waals surface area contributed by atoms with Gasteiger partial charge in [0, 0.05) is 37.2 Å². The van der Waals surface area contributed by atoms with E-state index in [1.807, 2.05) is 6.92 Å². The summed E-state index contributed by atoms with van der Waals surface area (Å²) in [6.45, 7) is 4.48. The van der Waals surface area contributed by atoms with Gasteiger partial charge in [-0.1, -0.05) is 12.1 Å². The average Bonchev–Trinajstić information content (AvgIpc) is 3.12. The van der Waals surface area contributed by atoms with Crippen LogP contribution in [0.3, 0.4) is 0 Å². The smallest absolute Gasteiger partial charge is 0.248 e. The summed E-state index contributed by atoms with van der Waals surface area (Å²) in [6.07, 6.45) is 4.28. The number of nitrogens with one attached hydrogen (secondary N) is 1. The van der Waals surface area contributed by atoms with Crippen LogP contribution in [0.5, 0.6) is 0 Å². The molecular formula is C21H25F2N3O4S. The number of piperidine rings is 1. The Morgan fingerprint density at radius 1 is 1.29 bits per heavy atom. The molecule has 1 saturated heterocycles. The van der Waals surface area contributed by atoms with Crippen LogP contribution in [0, 0.1) is 24.5 Å². The molecule has 1 aromatic carbocycles. The van der Waals surface area contributed by atoms with Gasteiger partial charge in [-0.05, 0) is 50.5 Å². The molecule has 2 aromatic rings. The zero-order valence-corrected chi connectivity index (χ0v) is 18.2. The van der Waals surface area contributed by atoms with E-state index in [1.54, 1.807) is 0 Å². The van der Waals surface area contributed by atoms with Crippen LogP contribution < -0.4 is 5.32 Å². The normalized spacial score (nSPS) is 16.1. The van der Waals surface area contributed by atoms with Crippen molar-refractivity contribution >= 4 is 28.1 Å². The fraction of sp³-hybridized carbons (Fsp3) is 0.429. The first kappa shape index (κ1) is 23.1. The number of hydrogen-bond acceptors (Lipinski definition) is 5. The maximum atomic E-state index is 13.9. The lowest BCUT2D eigenvalue weighted by atomic mass is 9.97. The third-order valence-electron chi connectivity index (χ3n) is 5.18. The number of benzene rings is 1. The highest BCUT2D eigenvalue weighted by Gasteiger charge is 2.35. The lowest BCUT2D eigenvalue weighted by molar-refractivity contribution is -0.126. The Hall–Kier alpha value is -2.59. The summed E-state index contributed by atoms with van der Waals surface area (Å²) in [7, 11) is -3.93. The molecule has 2 heterocycles. The van der Waals surface area contributed by atoms with Gasteiger partial charge in [-0.15, -0.1) is 0 Å². The van der Waals surface area contributed by atoms with E-state index < -0.39 is 21.7 Å². The molecule has 0 spiro atoms. The van der Waals surface area contributed by atoms with Crippen LogP contribution in [0.2, 0.25) is 0 Å². The molecule has 1 aliphatic heterocycles. The zero-order chi connectivity index (χ0) is 22.6. The first-order valence-corrected chi connectivity index (χ1v) is 11.5. The number of sulfonamides is 1. The third kappa shape index (κ3) is 5.19. The fourth-order valence-electron chi connectivity index (χ4n) is 3.48. The first-order valence-electron chi connectivity index (χ1n) is 10.1. The molecule has 3 rings (SSSR count). The number of nitrogens with zero attached hydrogens (tertiary/aromatic N) is 2. The Morgan fingerprint density at radius 2 is 2.00 bits per heavy atom. The predicted octanol–water partition coefficient (Wildman–Crippen LogP) is 3.36. The van der Waals surface area contributed by atoms with Crippen molar-refractivity contribution < 1.29 is 26.5 Å². The van der Waals surface area contributed by atoms with Gasteiger partial charge in [0.25, 0.3) is 0 Å². The van der Waals surface area contributed by atoms with Crippen molar-refractivity contribution in [3.63, 3.8) is 0 Å². The van der Waals surface area contributed by atoms with E-state index in [9.17, 15) is 22.0 Å². The van der Waals surface area contributed by atoms with E-state index in [0.717, 1.165) is 18.6 Å². The minimum Gasteiger partial charge on any atom is -0.356 e. The van der Waals surface area contributed by atoms with Crippen LogP contribution in [-0.2, 0) is 14.8 Å². The van der Waals surface area contributed by atoms with E-state index in [0.29, 0.717) is 19.4 Å². The van der Waals surface area contributed by atoms with Crippen LogP contribution >= 0.6 is 0 Å². The summed E-state index contributed by atoms with van der Waals surface area (Å²) >= 11 is 0. The molecule has 1 N–H and O–H groups in total. The van der Waals surface area contributed by atoms with E-state index >= 15 is 0 Å². The summed E-state index contributed by atoms with van der Waals surface area (Å²) in [5, 5.41) is 6.60. The lowest BCUT2D eigenvalue weighted by Gasteiger charge is -2.30. The molecule has 168 valence electrons. The standard InChI is InChI=1S/C21H25F2N3O4S/c1-3-10-24-21(27)16-8-11-26(12-9-16)31(28,29)20-14(2)25-30-19(20)7-5-15-4-6-17(22)13-18(15)23/h4-7,13,16H,3,8-12H2,1-2H3,(H,24,27). The second-order valence-electron chi connectivity index (χ2n) is 7.43. The van der Waals surface area contributed by atoms with Crippen LogP contribution in [0.4, 0.5) is 8.78 Å². The molecule has 0 aliphatic carbocycles. The Kier molecular flexibility index (Phi) is 7.22. The molecule has 0 radical (unpaired) electrons. The molecule has 10 heteroatoms. The van der Waals surface area contributed by atoms with Crippen LogP contribution in [0.1, 0.15) is 43.2 Å². The largest absolute Gasteiger partial charge is 0.356 e. The highest BCUT2D eigenvalue weighted by molar-refractivity contribution is 7.89. The lowest BCUT2D eigenvalue weighted by Crippen LogP contribution is -2.43. The highest BCUT2D eigenvalue weighted by Crippen LogP contribution is 2.29. The fourth-order valence-corrected chi connectivity index (χ4v) is 5.20. The average molecular weight is 454 g/mol. The monoisotopic (exact) mass is 453 g/mol. The minimum atomic E-state index is -3.93. The van der Waals surface area contributed by atoms with Crippen molar-refractivity contribution in [1.82, 2.24) is 14.8 Å². The maximum Gasteiger partial charge on any atom is 0.248 e. The van der Waals surface area contributed by atoms with E-state index in [-0.39, 0.29) is 46.8 Å². The van der Waals surface area contributed by atoms with Crippen molar-refractivity contribution in [1.29, 1.82) is 0 Å². The van der Waals surface area contributed by atoms with Gasteiger partial charge in [0.15, 0.2) is 10.7 Å². The van der Waals surface area contributed by atoms with Crippen molar-refractivity contribution in [2.75, 3.05) is 19.6 Å². The quantitative estimate of drug-likeness (QED) is 0.694. The van der Waals surface area contributed by atoms with Crippen LogP contribution in [-0.4, -0.2) is 43.4 Å². The van der Waals surface area contributed by atoms with Gasteiger partial charge in [0.05, 0.1) is 0 Å². The Bertz CT molecular complexity index is 1070. The van der Waals surface area contributed by atoms with Gasteiger partial charge in [-0.3, -0.25) is 4.79 Å². The SMILES string of the molecule is CCCNC(=O)C1CCN(S(=O)(=O)c2c(C)noc2C=Cc2ccc(F)cc2F)CC1. The summed E-state index contributed by atoms with van der Waals surface area (Å²) in [6, 6.07) is 3.09. The summed E-state index contributed by atoms with van der Waals surface area (Å²) in [4.78, 5) is 12.1. The molecule has 1 aromatic heterocycles. The van der Waals surface area contributed by atoms with Crippen molar-refractivity contribution in [3.05, 3.63) is 46.9 Å². The summed E-state index contributed by atoms with van der Waals surface area (Å²) < 4.78 is 59.9. The highest BCUT2D eigenvalue weighted by atomic mass is 32.2. The number of carbonyl (C=O) groups excluding carboxylic acids is 1. The van der Waals surface area contributed by atoms with E-state index in [4.69, 9.17) is 4.52 Å².